The van der Waals surface area contributed by atoms with Crippen LogP contribution in [0.15, 0.2) is 22.8 Å². The van der Waals surface area contributed by atoms with Gasteiger partial charge < -0.3 is 19.6 Å². The van der Waals surface area contributed by atoms with Crippen LogP contribution < -0.4 is 5.32 Å². The monoisotopic (exact) mass is 239 g/mol. The van der Waals surface area contributed by atoms with Gasteiger partial charge in [-0.25, -0.2) is 0 Å². The molecule has 2 N–H and O–H groups in total. The van der Waals surface area contributed by atoms with Crippen LogP contribution in [-0.2, 0) is 9.53 Å². The van der Waals surface area contributed by atoms with E-state index in [0.29, 0.717) is 12.2 Å². The van der Waals surface area contributed by atoms with E-state index in [1.807, 2.05) is 0 Å². The molecule has 0 spiro atoms. The number of hydrogen-bond donors (Lipinski definition) is 2. The van der Waals surface area contributed by atoms with Crippen LogP contribution in [0.2, 0.25) is 0 Å². The van der Waals surface area contributed by atoms with Crippen LogP contribution in [0, 0.1) is 0 Å². The Balaban J connectivity index is 1.83. The molecule has 0 aromatic carbocycles. The molecule has 2 unspecified atom stereocenters. The van der Waals surface area contributed by atoms with Crippen molar-refractivity contribution in [1.29, 1.82) is 0 Å². The second-order valence-corrected chi connectivity index (χ2v) is 4.16. The number of aliphatic hydroxyl groups is 1. The lowest BCUT2D eigenvalue weighted by molar-refractivity contribution is -0.124. The van der Waals surface area contributed by atoms with Crippen molar-refractivity contribution in [3.63, 3.8) is 0 Å². The number of carbonyl (C=O) groups is 1. The third-order valence-electron chi connectivity index (χ3n) is 2.84. The third kappa shape index (κ3) is 3.31. The van der Waals surface area contributed by atoms with E-state index in [1.54, 1.807) is 12.1 Å². The quantitative estimate of drug-likeness (QED) is 0.804. The summed E-state index contributed by atoms with van der Waals surface area (Å²) >= 11 is 0. The molecule has 0 aliphatic carbocycles. The van der Waals surface area contributed by atoms with E-state index < -0.39 is 6.04 Å². The number of carbonyl (C=O) groups excluding carboxylic acids is 1. The molecule has 94 valence electrons. The SMILES string of the molecule is O=C(CC1CCCO1)NC(CO)c1ccco1. The highest BCUT2D eigenvalue weighted by Crippen LogP contribution is 2.17. The molecule has 0 radical (unpaired) electrons. The molecule has 2 rings (SSSR count). The van der Waals surface area contributed by atoms with Gasteiger partial charge in [0, 0.05) is 6.61 Å². The molecule has 1 aromatic heterocycles. The van der Waals surface area contributed by atoms with Gasteiger partial charge in [0.2, 0.25) is 5.91 Å². The van der Waals surface area contributed by atoms with Crippen LogP contribution >= 0.6 is 0 Å². The summed E-state index contributed by atoms with van der Waals surface area (Å²) in [6, 6.07) is 2.98. The molecular weight excluding hydrogens is 222 g/mol. The van der Waals surface area contributed by atoms with Gasteiger partial charge in [0.1, 0.15) is 11.8 Å². The summed E-state index contributed by atoms with van der Waals surface area (Å²) in [5, 5.41) is 11.9. The topological polar surface area (TPSA) is 71.7 Å². The van der Waals surface area contributed by atoms with Crippen LogP contribution in [0.25, 0.3) is 0 Å². The molecule has 1 aromatic rings. The number of nitrogens with one attached hydrogen (secondary N) is 1. The van der Waals surface area contributed by atoms with E-state index in [0.717, 1.165) is 19.4 Å². The first kappa shape index (κ1) is 12.1. The van der Waals surface area contributed by atoms with Gasteiger partial charge in [-0.15, -0.1) is 0 Å². The van der Waals surface area contributed by atoms with Crippen molar-refractivity contribution in [2.24, 2.45) is 0 Å². The van der Waals surface area contributed by atoms with E-state index in [9.17, 15) is 9.90 Å². The first-order valence-electron chi connectivity index (χ1n) is 5.85. The minimum absolute atomic E-state index is 0.0194. The molecule has 1 aliphatic heterocycles. The van der Waals surface area contributed by atoms with Gasteiger partial charge in [0.15, 0.2) is 0 Å². The lowest BCUT2D eigenvalue weighted by Gasteiger charge is -2.15. The Hall–Kier alpha value is -1.33. The van der Waals surface area contributed by atoms with Crippen LogP contribution in [0.4, 0.5) is 0 Å². The van der Waals surface area contributed by atoms with Crippen molar-refractivity contribution in [2.75, 3.05) is 13.2 Å². The normalized spacial score (nSPS) is 21.4. The molecule has 5 nitrogen and oxygen atoms in total. The zero-order valence-corrected chi connectivity index (χ0v) is 9.59. The van der Waals surface area contributed by atoms with Crippen molar-refractivity contribution < 1.29 is 19.1 Å². The Morgan fingerprint density at radius 2 is 2.53 bits per heavy atom. The molecule has 1 amide bonds. The maximum absolute atomic E-state index is 11.7. The summed E-state index contributed by atoms with van der Waals surface area (Å²) in [5.41, 5.74) is 0. The summed E-state index contributed by atoms with van der Waals surface area (Å²) in [4.78, 5) is 11.7. The molecule has 2 atom stereocenters. The Labute approximate surface area is 99.8 Å². The Morgan fingerprint density at radius 1 is 1.65 bits per heavy atom. The number of furan rings is 1. The van der Waals surface area contributed by atoms with Gasteiger partial charge in [-0.3, -0.25) is 4.79 Å². The van der Waals surface area contributed by atoms with Crippen LogP contribution in [0.1, 0.15) is 31.1 Å². The van der Waals surface area contributed by atoms with E-state index in [-0.39, 0.29) is 18.6 Å². The summed E-state index contributed by atoms with van der Waals surface area (Å²) in [6.45, 7) is 0.560. The molecular formula is C12H17NO4. The van der Waals surface area contributed by atoms with Gasteiger partial charge in [0.25, 0.3) is 0 Å². The first-order valence-corrected chi connectivity index (χ1v) is 5.85. The molecule has 1 saturated heterocycles. The van der Waals surface area contributed by atoms with E-state index in [1.165, 1.54) is 6.26 Å². The fourth-order valence-electron chi connectivity index (χ4n) is 1.96. The second kappa shape index (κ2) is 5.84. The first-order chi connectivity index (χ1) is 8.29. The Morgan fingerprint density at radius 3 is 3.12 bits per heavy atom. The molecule has 0 bridgehead atoms. The summed E-state index contributed by atoms with van der Waals surface area (Å²) < 4.78 is 10.5. The lowest BCUT2D eigenvalue weighted by Crippen LogP contribution is -2.32. The maximum atomic E-state index is 11.7. The van der Waals surface area contributed by atoms with Gasteiger partial charge in [-0.1, -0.05) is 0 Å². The van der Waals surface area contributed by atoms with Gasteiger partial charge in [-0.2, -0.15) is 0 Å². The van der Waals surface area contributed by atoms with Crippen LogP contribution in [-0.4, -0.2) is 30.3 Å². The van der Waals surface area contributed by atoms with E-state index >= 15 is 0 Å². The number of ether oxygens (including phenoxy) is 1. The average molecular weight is 239 g/mol. The molecule has 1 aliphatic rings. The van der Waals surface area contributed by atoms with Crippen molar-refractivity contribution >= 4 is 5.91 Å². The van der Waals surface area contributed by atoms with Crippen molar-refractivity contribution in [1.82, 2.24) is 5.32 Å². The van der Waals surface area contributed by atoms with Crippen molar-refractivity contribution in [2.45, 2.75) is 31.4 Å². The predicted molar refractivity (Wildman–Crippen MR) is 60.3 cm³/mol. The minimum atomic E-state index is -0.473. The van der Waals surface area contributed by atoms with Gasteiger partial charge >= 0.3 is 0 Å². The number of rotatable bonds is 5. The summed E-state index contributed by atoms with van der Waals surface area (Å²) in [6.07, 6.45) is 3.82. The third-order valence-corrected chi connectivity index (χ3v) is 2.84. The summed E-state index contributed by atoms with van der Waals surface area (Å²) in [5.74, 6) is 0.445. The zero-order chi connectivity index (χ0) is 12.1. The molecule has 5 heteroatoms. The Bertz CT molecular complexity index is 343. The zero-order valence-electron chi connectivity index (χ0n) is 9.59. The van der Waals surface area contributed by atoms with E-state index in [2.05, 4.69) is 5.32 Å². The Kier molecular flexibility index (Phi) is 4.17. The predicted octanol–water partition coefficient (Wildman–Crippen LogP) is 0.998. The van der Waals surface area contributed by atoms with Crippen molar-refractivity contribution in [3.8, 4) is 0 Å². The van der Waals surface area contributed by atoms with Crippen molar-refractivity contribution in [3.05, 3.63) is 24.2 Å². The highest BCUT2D eigenvalue weighted by Gasteiger charge is 2.22. The minimum Gasteiger partial charge on any atom is -0.467 e. The van der Waals surface area contributed by atoms with Gasteiger partial charge in [0.05, 0.1) is 25.4 Å². The maximum Gasteiger partial charge on any atom is 0.223 e. The number of amides is 1. The van der Waals surface area contributed by atoms with Gasteiger partial charge in [-0.05, 0) is 25.0 Å². The van der Waals surface area contributed by atoms with E-state index in [4.69, 9.17) is 9.15 Å². The molecule has 0 saturated carbocycles. The molecule has 1 fully saturated rings. The van der Waals surface area contributed by atoms with Crippen LogP contribution in [0.5, 0.6) is 0 Å². The molecule has 2 heterocycles. The fourth-order valence-corrected chi connectivity index (χ4v) is 1.96. The molecule has 17 heavy (non-hydrogen) atoms. The fraction of sp³-hybridized carbons (Fsp3) is 0.583. The second-order valence-electron chi connectivity index (χ2n) is 4.16. The summed E-state index contributed by atoms with van der Waals surface area (Å²) in [7, 11) is 0. The van der Waals surface area contributed by atoms with Crippen LogP contribution in [0.3, 0.4) is 0 Å². The smallest absolute Gasteiger partial charge is 0.223 e. The standard InChI is InChI=1S/C12H17NO4/c14-8-10(11-4-2-6-17-11)13-12(15)7-9-3-1-5-16-9/h2,4,6,9-10,14H,1,3,5,7-8H2,(H,13,15). The largest absolute Gasteiger partial charge is 0.467 e. The number of hydrogen-bond acceptors (Lipinski definition) is 4. The lowest BCUT2D eigenvalue weighted by atomic mass is 10.1. The highest BCUT2D eigenvalue weighted by atomic mass is 16.5. The average Bonchev–Trinajstić information content (AvgIpc) is 2.97. The number of aliphatic hydroxyl groups excluding tert-OH is 1. The highest BCUT2D eigenvalue weighted by molar-refractivity contribution is 5.76.